The third-order valence-corrected chi connectivity index (χ3v) is 0. The highest BCUT2D eigenvalue weighted by Crippen LogP contribution is 0.861. The van der Waals surface area contributed by atoms with E-state index in [0.717, 1.165) is 0 Å². The SMILES string of the molecule is C.P.S.[Si]. The molecule has 0 amide bonds. The fourth-order valence-corrected chi connectivity index (χ4v) is 0. The smallest absolute Gasteiger partial charge is 0 e. The fourth-order valence-electron chi connectivity index (χ4n) is 0. The maximum atomic E-state index is 0. The zero-order chi connectivity index (χ0) is 0. The van der Waals surface area contributed by atoms with Crippen molar-refractivity contribution >= 4 is 34.4 Å². The van der Waals surface area contributed by atoms with Crippen LogP contribution < -0.4 is 0 Å². The summed E-state index contributed by atoms with van der Waals surface area (Å²) in [6, 6.07) is 0. The molecule has 0 bridgehead atoms. The topological polar surface area (TPSA) is 0 Å². The molecule has 0 aliphatic rings. The molecule has 0 rings (SSSR count). The highest BCUT2D eigenvalue weighted by atomic mass is 32.1. The van der Waals surface area contributed by atoms with Gasteiger partial charge in [0.05, 0.1) is 0 Å². The first-order valence-corrected chi connectivity index (χ1v) is 0. The van der Waals surface area contributed by atoms with Crippen LogP contribution in [0.5, 0.6) is 0 Å². The average Bonchev–Trinajstić information content (AvgIpc) is 0. The van der Waals surface area contributed by atoms with E-state index < -0.39 is 0 Å². The van der Waals surface area contributed by atoms with E-state index in [2.05, 4.69) is 0 Å². The summed E-state index contributed by atoms with van der Waals surface area (Å²) in [7, 11) is 0. The maximum Gasteiger partial charge on any atom is 0 e. The minimum Gasteiger partial charge on any atom is -0.197 e. The van der Waals surface area contributed by atoms with Crippen molar-refractivity contribution in [1.82, 2.24) is 0 Å². The van der Waals surface area contributed by atoms with E-state index in [1.165, 1.54) is 0 Å². The minimum atomic E-state index is 0. The Hall–Kier alpha value is 0.997. The normalized spacial score (nSPS) is 0. The molecule has 4 radical (unpaired) electrons. The van der Waals surface area contributed by atoms with Crippen LogP contribution in [0.4, 0.5) is 0 Å². The zero-order valence-corrected chi connectivity index (χ0v) is 5.12. The quantitative estimate of drug-likeness (QED) is 0.315. The third-order valence-electron chi connectivity index (χ3n) is 0. The molecule has 0 spiro atoms. The molecule has 1 unspecified atom stereocenters. The second-order valence-corrected chi connectivity index (χ2v) is 0. The van der Waals surface area contributed by atoms with Crippen molar-refractivity contribution in [2.45, 2.75) is 7.43 Å². The Morgan fingerprint density at radius 1 is 1.00 bits per heavy atom. The predicted octanol–water partition coefficient (Wildman–Crippen LogP) is 0.426. The summed E-state index contributed by atoms with van der Waals surface area (Å²) in [6.45, 7) is 0. The Kier molecular flexibility index (Phi) is 725. The Morgan fingerprint density at radius 2 is 1.00 bits per heavy atom. The predicted molar refractivity (Wildman–Crippen MR) is 34.0 cm³/mol. The van der Waals surface area contributed by atoms with Crippen molar-refractivity contribution in [1.29, 1.82) is 0 Å². The summed E-state index contributed by atoms with van der Waals surface area (Å²) in [4.78, 5) is 0. The summed E-state index contributed by atoms with van der Waals surface area (Å²) >= 11 is 0. The Balaban J connectivity index is 0. The molecule has 0 aromatic rings. The Bertz CT molecular complexity index is 8.00. The summed E-state index contributed by atoms with van der Waals surface area (Å²) in [5, 5.41) is 0. The van der Waals surface area contributed by atoms with Crippen LogP contribution in [0.3, 0.4) is 0 Å². The van der Waals surface area contributed by atoms with Gasteiger partial charge in [-0.2, -0.15) is 23.4 Å². The van der Waals surface area contributed by atoms with Gasteiger partial charge in [0.15, 0.2) is 0 Å². The van der Waals surface area contributed by atoms with Crippen LogP contribution in [0.15, 0.2) is 0 Å². The van der Waals surface area contributed by atoms with Gasteiger partial charge in [-0.25, -0.2) is 0 Å². The van der Waals surface area contributed by atoms with Crippen LogP contribution in [0.25, 0.3) is 0 Å². The van der Waals surface area contributed by atoms with Crippen LogP contribution >= 0.6 is 23.4 Å². The second kappa shape index (κ2) is 36.1. The lowest BCUT2D eigenvalue weighted by molar-refractivity contribution is 2.50. The monoisotopic (exact) mass is 112 g/mol. The van der Waals surface area contributed by atoms with Crippen molar-refractivity contribution in [3.63, 3.8) is 0 Å². The summed E-state index contributed by atoms with van der Waals surface area (Å²) in [6.07, 6.45) is 0. The summed E-state index contributed by atoms with van der Waals surface area (Å²) in [5.41, 5.74) is 0. The molecular weight excluding hydrogens is 103 g/mol. The van der Waals surface area contributed by atoms with Crippen LogP contribution in [-0.4, -0.2) is 11.0 Å². The second-order valence-electron chi connectivity index (χ2n) is 0. The standard InChI is InChI=1S/CH4.H3P.H2S.Si/h1H4;1H3;1H2;. The molecule has 28 valence electrons. The van der Waals surface area contributed by atoms with E-state index in [9.17, 15) is 0 Å². The van der Waals surface area contributed by atoms with Crippen molar-refractivity contribution in [2.24, 2.45) is 0 Å². The van der Waals surface area contributed by atoms with Gasteiger partial charge < -0.3 is 0 Å². The zero-order valence-electron chi connectivity index (χ0n) is 1.71. The van der Waals surface area contributed by atoms with Gasteiger partial charge in [-0.1, -0.05) is 7.43 Å². The number of rotatable bonds is 0. The highest BCUT2D eigenvalue weighted by Gasteiger charge is 0.0000249. The average molecular weight is 112 g/mol. The lowest BCUT2D eigenvalue weighted by Gasteiger charge is -0.197. The van der Waals surface area contributed by atoms with Gasteiger partial charge in [-0.05, 0) is 0 Å². The van der Waals surface area contributed by atoms with E-state index in [4.69, 9.17) is 0 Å². The van der Waals surface area contributed by atoms with Crippen molar-refractivity contribution < 1.29 is 0 Å². The summed E-state index contributed by atoms with van der Waals surface area (Å²) < 4.78 is 0. The van der Waals surface area contributed by atoms with Gasteiger partial charge in [0.2, 0.25) is 0 Å². The van der Waals surface area contributed by atoms with Crippen molar-refractivity contribution in [3.05, 3.63) is 0 Å². The molecule has 0 saturated heterocycles. The molecule has 0 fully saturated rings. The Morgan fingerprint density at radius 3 is 1.00 bits per heavy atom. The first-order valence-electron chi connectivity index (χ1n) is 0. The van der Waals surface area contributed by atoms with Gasteiger partial charge in [-0.15, -0.1) is 0 Å². The first-order chi connectivity index (χ1) is 0. The van der Waals surface area contributed by atoms with Crippen LogP contribution in [0, 0.1) is 0 Å². The molecule has 0 aromatic heterocycles. The molecule has 3 heteroatoms. The van der Waals surface area contributed by atoms with Gasteiger partial charge >= 0.3 is 0 Å². The highest BCUT2D eigenvalue weighted by molar-refractivity contribution is 7.59. The lowest BCUT2D eigenvalue weighted by atomic mass is 12.0. The molecule has 0 aliphatic carbocycles. The van der Waals surface area contributed by atoms with Crippen LogP contribution in [0.1, 0.15) is 7.43 Å². The number of hydrogen-bond acceptors (Lipinski definition) is 0. The third kappa shape index (κ3) is 12.0. The summed E-state index contributed by atoms with van der Waals surface area (Å²) in [5.74, 6) is 0. The van der Waals surface area contributed by atoms with Crippen LogP contribution in [-0.2, 0) is 0 Å². The maximum absolute atomic E-state index is 0. The van der Waals surface area contributed by atoms with Crippen molar-refractivity contribution in [2.75, 3.05) is 0 Å². The van der Waals surface area contributed by atoms with E-state index in [1.54, 1.807) is 0 Å². The van der Waals surface area contributed by atoms with Crippen LogP contribution in [0.2, 0.25) is 0 Å². The van der Waals surface area contributed by atoms with Crippen molar-refractivity contribution in [3.8, 4) is 0 Å². The van der Waals surface area contributed by atoms with E-state index in [0.29, 0.717) is 0 Å². The largest absolute Gasteiger partial charge is 0.197 e. The molecule has 0 saturated carbocycles. The van der Waals surface area contributed by atoms with E-state index in [1.807, 2.05) is 0 Å². The molecule has 0 aliphatic heterocycles. The molecule has 0 heterocycles. The van der Waals surface area contributed by atoms with E-state index in [-0.39, 0.29) is 41.8 Å². The van der Waals surface area contributed by atoms with Gasteiger partial charge in [-0.3, -0.25) is 0 Å². The number of hydrogen-bond donors (Lipinski definition) is 0. The molecule has 1 atom stereocenters. The first kappa shape index (κ1) is 80.3. The van der Waals surface area contributed by atoms with Gasteiger partial charge in [0.1, 0.15) is 0 Å². The minimum absolute atomic E-state index is 0. The van der Waals surface area contributed by atoms with Gasteiger partial charge in [0, 0.05) is 11.0 Å². The van der Waals surface area contributed by atoms with Gasteiger partial charge in [0.25, 0.3) is 0 Å². The molecule has 4 heavy (non-hydrogen) atoms. The molecule has 0 aromatic carbocycles. The fraction of sp³-hybridized carbons (Fsp3) is 1.00. The molecule has 0 N–H and O–H groups in total. The molecular formula is CH9PSSi. The molecule has 0 nitrogen and oxygen atoms in total. The Labute approximate surface area is 42.5 Å². The lowest BCUT2D eigenvalue weighted by Crippen LogP contribution is -0.381. The van der Waals surface area contributed by atoms with E-state index >= 15 is 0 Å².